The molecule has 0 spiro atoms. The molecule has 1 aliphatic rings. The van der Waals surface area contributed by atoms with Crippen molar-refractivity contribution in [3.63, 3.8) is 0 Å². The molecule has 0 bridgehead atoms. The molecule has 0 aromatic carbocycles. The second kappa shape index (κ2) is 6.38. The molecule has 106 valence electrons. The summed E-state index contributed by atoms with van der Waals surface area (Å²) in [5, 5.41) is 0. The van der Waals surface area contributed by atoms with Gasteiger partial charge < -0.3 is 5.73 Å². The molecule has 1 aliphatic heterocycles. The third kappa shape index (κ3) is 3.93. The van der Waals surface area contributed by atoms with Gasteiger partial charge >= 0.3 is 0 Å². The minimum absolute atomic E-state index is 0.175. The van der Waals surface area contributed by atoms with Crippen LogP contribution in [0.2, 0.25) is 0 Å². The Morgan fingerprint density at radius 2 is 2.37 bits per heavy atom. The summed E-state index contributed by atoms with van der Waals surface area (Å²) in [4.78, 5) is 7.77. The van der Waals surface area contributed by atoms with Gasteiger partial charge in [-0.05, 0) is 31.4 Å². The summed E-state index contributed by atoms with van der Waals surface area (Å²) in [7, 11) is -3.46. The Morgan fingerprint density at radius 3 is 3.05 bits per heavy atom. The van der Waals surface area contributed by atoms with Crippen molar-refractivity contribution in [2.75, 3.05) is 19.6 Å². The van der Waals surface area contributed by atoms with E-state index in [1.54, 1.807) is 12.3 Å². The van der Waals surface area contributed by atoms with Gasteiger partial charge in [-0.2, -0.15) is 17.4 Å². The van der Waals surface area contributed by atoms with Crippen LogP contribution in [0.3, 0.4) is 0 Å². The standard InChI is InChI=1S/C11H19N5O2S/c12-6-10-2-1-5-16(8-10)19(17,18)15-7-11-3-4-13-9-14-11/h3-4,9-10,15H,1-2,5-8,12H2. The van der Waals surface area contributed by atoms with Crippen LogP contribution in [0, 0.1) is 5.92 Å². The molecular weight excluding hydrogens is 266 g/mol. The summed E-state index contributed by atoms with van der Waals surface area (Å²) < 4.78 is 28.3. The Morgan fingerprint density at radius 1 is 1.53 bits per heavy atom. The zero-order valence-electron chi connectivity index (χ0n) is 10.7. The molecule has 0 radical (unpaired) electrons. The monoisotopic (exact) mass is 285 g/mol. The number of hydrogen-bond acceptors (Lipinski definition) is 5. The summed E-state index contributed by atoms with van der Waals surface area (Å²) in [6.07, 6.45) is 4.83. The van der Waals surface area contributed by atoms with Crippen LogP contribution < -0.4 is 10.5 Å². The summed E-state index contributed by atoms with van der Waals surface area (Å²) in [6, 6.07) is 1.68. The third-order valence-electron chi connectivity index (χ3n) is 3.23. The van der Waals surface area contributed by atoms with Crippen molar-refractivity contribution >= 4 is 10.2 Å². The quantitative estimate of drug-likeness (QED) is 0.758. The molecule has 1 unspecified atom stereocenters. The van der Waals surface area contributed by atoms with E-state index in [9.17, 15) is 8.42 Å². The van der Waals surface area contributed by atoms with Crippen LogP contribution in [0.15, 0.2) is 18.6 Å². The van der Waals surface area contributed by atoms with Crippen LogP contribution >= 0.6 is 0 Å². The summed E-state index contributed by atoms with van der Waals surface area (Å²) >= 11 is 0. The molecule has 8 heteroatoms. The number of nitrogens with zero attached hydrogens (tertiary/aromatic N) is 3. The first-order valence-electron chi connectivity index (χ1n) is 6.31. The number of hydrogen-bond donors (Lipinski definition) is 2. The van der Waals surface area contributed by atoms with Crippen molar-refractivity contribution < 1.29 is 8.42 Å². The van der Waals surface area contributed by atoms with E-state index in [-0.39, 0.29) is 12.5 Å². The van der Waals surface area contributed by atoms with Gasteiger partial charge in [-0.1, -0.05) is 0 Å². The second-order valence-electron chi connectivity index (χ2n) is 4.63. The van der Waals surface area contributed by atoms with Gasteiger partial charge in [0.25, 0.3) is 10.2 Å². The predicted molar refractivity (Wildman–Crippen MR) is 71.1 cm³/mol. The zero-order chi connectivity index (χ0) is 13.7. The molecule has 2 rings (SSSR count). The summed E-state index contributed by atoms with van der Waals surface area (Å²) in [6.45, 7) is 1.75. The molecule has 0 amide bonds. The molecule has 1 saturated heterocycles. The molecule has 0 saturated carbocycles. The normalized spacial score (nSPS) is 21.4. The number of nitrogens with two attached hydrogens (primary N) is 1. The van der Waals surface area contributed by atoms with Crippen molar-refractivity contribution in [1.82, 2.24) is 19.0 Å². The maximum Gasteiger partial charge on any atom is 0.279 e. The lowest BCUT2D eigenvalue weighted by Gasteiger charge is -2.31. The van der Waals surface area contributed by atoms with Crippen molar-refractivity contribution in [2.45, 2.75) is 19.4 Å². The van der Waals surface area contributed by atoms with Crippen molar-refractivity contribution in [3.8, 4) is 0 Å². The van der Waals surface area contributed by atoms with Crippen molar-refractivity contribution in [2.24, 2.45) is 11.7 Å². The maximum absolute atomic E-state index is 12.2. The second-order valence-corrected chi connectivity index (χ2v) is 6.38. The van der Waals surface area contributed by atoms with Gasteiger partial charge in [0.15, 0.2) is 0 Å². The summed E-state index contributed by atoms with van der Waals surface area (Å²) in [5.41, 5.74) is 6.26. The van der Waals surface area contributed by atoms with E-state index in [1.165, 1.54) is 10.6 Å². The largest absolute Gasteiger partial charge is 0.330 e. The van der Waals surface area contributed by atoms with Gasteiger partial charge in [0.05, 0.1) is 12.2 Å². The third-order valence-corrected chi connectivity index (χ3v) is 4.75. The topological polar surface area (TPSA) is 101 Å². The van der Waals surface area contributed by atoms with Crippen molar-refractivity contribution in [3.05, 3.63) is 24.3 Å². The Labute approximate surface area is 113 Å². The first-order valence-corrected chi connectivity index (χ1v) is 7.75. The van der Waals surface area contributed by atoms with E-state index >= 15 is 0 Å². The fraction of sp³-hybridized carbons (Fsp3) is 0.636. The van der Waals surface area contributed by atoms with E-state index in [1.807, 2.05) is 0 Å². The molecule has 1 atom stereocenters. The van der Waals surface area contributed by atoms with Gasteiger partial charge in [-0.25, -0.2) is 9.97 Å². The molecule has 0 aliphatic carbocycles. The Hall–Kier alpha value is -1.09. The SMILES string of the molecule is NCC1CCCN(S(=O)(=O)NCc2ccncn2)C1. The lowest BCUT2D eigenvalue weighted by Crippen LogP contribution is -2.47. The van der Waals surface area contributed by atoms with E-state index in [4.69, 9.17) is 5.73 Å². The Balaban J connectivity index is 1.94. The molecule has 1 aromatic rings. The van der Waals surface area contributed by atoms with E-state index in [0.29, 0.717) is 25.3 Å². The van der Waals surface area contributed by atoms with Gasteiger partial charge in [0.2, 0.25) is 0 Å². The molecule has 3 N–H and O–H groups in total. The van der Waals surface area contributed by atoms with E-state index in [2.05, 4.69) is 14.7 Å². The molecule has 19 heavy (non-hydrogen) atoms. The van der Waals surface area contributed by atoms with Gasteiger partial charge in [-0.3, -0.25) is 0 Å². The zero-order valence-corrected chi connectivity index (χ0v) is 11.5. The number of piperidine rings is 1. The van der Waals surface area contributed by atoms with Crippen LogP contribution in [0.5, 0.6) is 0 Å². The molecule has 7 nitrogen and oxygen atoms in total. The molecule has 2 heterocycles. The molecule has 1 fully saturated rings. The first-order chi connectivity index (χ1) is 9.12. The Kier molecular flexibility index (Phi) is 4.81. The molecule has 1 aromatic heterocycles. The number of aromatic nitrogens is 2. The minimum Gasteiger partial charge on any atom is -0.330 e. The highest BCUT2D eigenvalue weighted by molar-refractivity contribution is 7.87. The number of rotatable bonds is 5. The molecular formula is C11H19N5O2S. The van der Waals surface area contributed by atoms with E-state index < -0.39 is 10.2 Å². The van der Waals surface area contributed by atoms with Crippen molar-refractivity contribution in [1.29, 1.82) is 0 Å². The van der Waals surface area contributed by atoms with Gasteiger partial charge in [-0.15, -0.1) is 0 Å². The number of nitrogens with one attached hydrogen (secondary N) is 1. The highest BCUT2D eigenvalue weighted by atomic mass is 32.2. The fourth-order valence-corrected chi connectivity index (χ4v) is 3.41. The summed E-state index contributed by atoms with van der Waals surface area (Å²) in [5.74, 6) is 0.254. The van der Waals surface area contributed by atoms with Crippen LogP contribution in [0.1, 0.15) is 18.5 Å². The Bertz CT molecular complexity index is 493. The first kappa shape index (κ1) is 14.3. The van der Waals surface area contributed by atoms with E-state index in [0.717, 1.165) is 12.8 Å². The maximum atomic E-state index is 12.2. The van der Waals surface area contributed by atoms with Crippen LogP contribution in [0.4, 0.5) is 0 Å². The minimum atomic E-state index is -3.46. The van der Waals surface area contributed by atoms with Crippen LogP contribution in [-0.2, 0) is 16.8 Å². The average molecular weight is 285 g/mol. The highest BCUT2D eigenvalue weighted by Crippen LogP contribution is 2.17. The van der Waals surface area contributed by atoms with Gasteiger partial charge in [0, 0.05) is 19.3 Å². The predicted octanol–water partition coefficient (Wildman–Crippen LogP) is -0.518. The fourth-order valence-electron chi connectivity index (χ4n) is 2.12. The van der Waals surface area contributed by atoms with Crippen LogP contribution in [-0.4, -0.2) is 42.3 Å². The van der Waals surface area contributed by atoms with Crippen LogP contribution in [0.25, 0.3) is 0 Å². The lowest BCUT2D eigenvalue weighted by molar-refractivity contribution is 0.268. The average Bonchev–Trinajstić information content (AvgIpc) is 2.46. The lowest BCUT2D eigenvalue weighted by atomic mass is 10.0. The highest BCUT2D eigenvalue weighted by Gasteiger charge is 2.27. The smallest absolute Gasteiger partial charge is 0.279 e. The van der Waals surface area contributed by atoms with Gasteiger partial charge in [0.1, 0.15) is 6.33 Å².